The van der Waals surface area contributed by atoms with Gasteiger partial charge in [-0.2, -0.15) is 4.98 Å². The van der Waals surface area contributed by atoms with Gasteiger partial charge in [0.25, 0.3) is 5.91 Å². The predicted octanol–water partition coefficient (Wildman–Crippen LogP) is 3.40. The van der Waals surface area contributed by atoms with Crippen LogP contribution < -0.4 is 15.1 Å². The fourth-order valence-electron chi connectivity index (χ4n) is 3.21. The normalized spacial score (nSPS) is 14.2. The number of carbonyl (C=O) groups is 1. The van der Waals surface area contributed by atoms with Crippen molar-refractivity contribution in [1.29, 1.82) is 0 Å². The Labute approximate surface area is 155 Å². The molecule has 1 aromatic heterocycles. The molecular formula is C20H27N5O. The van der Waals surface area contributed by atoms with Crippen molar-refractivity contribution in [3.8, 4) is 0 Å². The quantitative estimate of drug-likeness (QED) is 0.913. The molecule has 0 aliphatic carbocycles. The Morgan fingerprint density at radius 1 is 1.15 bits per heavy atom. The summed E-state index contributed by atoms with van der Waals surface area (Å²) >= 11 is 0. The number of aromatic nitrogens is 2. The van der Waals surface area contributed by atoms with Crippen molar-refractivity contribution in [2.75, 3.05) is 42.3 Å². The van der Waals surface area contributed by atoms with Crippen molar-refractivity contribution in [1.82, 2.24) is 9.97 Å². The molecule has 6 heteroatoms. The van der Waals surface area contributed by atoms with E-state index < -0.39 is 0 Å². The molecule has 1 amide bonds. The van der Waals surface area contributed by atoms with Crippen LogP contribution in [0.4, 0.5) is 17.5 Å². The number of piperidine rings is 1. The Morgan fingerprint density at radius 3 is 2.58 bits per heavy atom. The van der Waals surface area contributed by atoms with E-state index in [2.05, 4.69) is 15.2 Å². The third kappa shape index (κ3) is 3.95. The maximum atomic E-state index is 12.8. The summed E-state index contributed by atoms with van der Waals surface area (Å²) in [6.45, 7) is 5.90. The smallest absolute Gasteiger partial charge is 0.256 e. The molecule has 1 aliphatic heterocycles. The third-order valence-corrected chi connectivity index (χ3v) is 4.70. The average molecular weight is 353 g/mol. The van der Waals surface area contributed by atoms with E-state index in [1.165, 1.54) is 19.3 Å². The standard InChI is InChI=1S/C20H27N5O/c1-14-8-9-15(2)16(12-14)19(26)22-17-13-21-20(23-18(17)24(3)4)25-10-6-5-7-11-25/h8-9,12-13H,5-7,10-11H2,1-4H3,(H,22,26). The molecule has 1 aliphatic rings. The highest BCUT2D eigenvalue weighted by Crippen LogP contribution is 2.26. The van der Waals surface area contributed by atoms with E-state index in [1.54, 1.807) is 6.20 Å². The van der Waals surface area contributed by atoms with E-state index >= 15 is 0 Å². The van der Waals surface area contributed by atoms with Gasteiger partial charge in [0, 0.05) is 32.7 Å². The molecule has 1 N–H and O–H groups in total. The summed E-state index contributed by atoms with van der Waals surface area (Å²) in [5.41, 5.74) is 3.31. The first kappa shape index (κ1) is 18.2. The highest BCUT2D eigenvalue weighted by Gasteiger charge is 2.18. The van der Waals surface area contributed by atoms with E-state index in [0.717, 1.165) is 36.0 Å². The average Bonchev–Trinajstić information content (AvgIpc) is 2.64. The summed E-state index contributed by atoms with van der Waals surface area (Å²) in [6.07, 6.45) is 5.33. The Balaban J connectivity index is 1.87. The molecule has 0 radical (unpaired) electrons. The van der Waals surface area contributed by atoms with Gasteiger partial charge in [-0.15, -0.1) is 0 Å². The van der Waals surface area contributed by atoms with Crippen LogP contribution in [0.5, 0.6) is 0 Å². The lowest BCUT2D eigenvalue weighted by atomic mass is 10.1. The minimum absolute atomic E-state index is 0.136. The van der Waals surface area contributed by atoms with Crippen LogP contribution in [0, 0.1) is 13.8 Å². The van der Waals surface area contributed by atoms with Crippen LogP contribution in [-0.2, 0) is 0 Å². The second-order valence-electron chi connectivity index (χ2n) is 7.12. The molecule has 26 heavy (non-hydrogen) atoms. The largest absolute Gasteiger partial charge is 0.361 e. The zero-order valence-corrected chi connectivity index (χ0v) is 16.0. The Bertz CT molecular complexity index is 797. The number of nitrogens with zero attached hydrogens (tertiary/aromatic N) is 4. The van der Waals surface area contributed by atoms with Gasteiger partial charge in [-0.1, -0.05) is 17.7 Å². The van der Waals surface area contributed by atoms with E-state index in [0.29, 0.717) is 11.3 Å². The number of hydrogen-bond donors (Lipinski definition) is 1. The predicted molar refractivity (Wildman–Crippen MR) is 106 cm³/mol. The molecule has 138 valence electrons. The van der Waals surface area contributed by atoms with Gasteiger partial charge in [-0.05, 0) is 44.7 Å². The number of aryl methyl sites for hydroxylation is 2. The summed E-state index contributed by atoms with van der Waals surface area (Å²) in [4.78, 5) is 26.1. The first-order valence-electron chi connectivity index (χ1n) is 9.13. The topological polar surface area (TPSA) is 61.4 Å². The number of carbonyl (C=O) groups excluding carboxylic acids is 1. The lowest BCUT2D eigenvalue weighted by Crippen LogP contribution is -2.31. The first-order chi connectivity index (χ1) is 12.5. The molecule has 2 aromatic rings. The zero-order valence-electron chi connectivity index (χ0n) is 16.0. The van der Waals surface area contributed by atoms with Crippen LogP contribution in [0.2, 0.25) is 0 Å². The molecule has 0 saturated carbocycles. The summed E-state index contributed by atoms with van der Waals surface area (Å²) in [5.74, 6) is 1.32. The summed E-state index contributed by atoms with van der Waals surface area (Å²) in [7, 11) is 3.85. The van der Waals surface area contributed by atoms with Crippen LogP contribution in [0.15, 0.2) is 24.4 Å². The SMILES string of the molecule is Cc1ccc(C)c(C(=O)Nc2cnc(N3CCCCC3)nc2N(C)C)c1. The van der Waals surface area contributed by atoms with Gasteiger partial charge in [0.2, 0.25) is 5.95 Å². The van der Waals surface area contributed by atoms with E-state index in [-0.39, 0.29) is 5.91 Å². The summed E-state index contributed by atoms with van der Waals surface area (Å²) in [6, 6.07) is 5.88. The second-order valence-corrected chi connectivity index (χ2v) is 7.12. The lowest BCUT2D eigenvalue weighted by Gasteiger charge is -2.28. The number of amides is 1. The van der Waals surface area contributed by atoms with Crippen LogP contribution in [-0.4, -0.2) is 43.1 Å². The highest BCUT2D eigenvalue weighted by molar-refractivity contribution is 6.06. The maximum absolute atomic E-state index is 12.8. The molecule has 3 rings (SSSR count). The fraction of sp³-hybridized carbons (Fsp3) is 0.450. The number of hydrogen-bond acceptors (Lipinski definition) is 5. The summed E-state index contributed by atoms with van der Waals surface area (Å²) in [5, 5.41) is 2.98. The maximum Gasteiger partial charge on any atom is 0.256 e. The van der Waals surface area contributed by atoms with Crippen LogP contribution in [0.25, 0.3) is 0 Å². The van der Waals surface area contributed by atoms with Crippen molar-refractivity contribution in [3.05, 3.63) is 41.1 Å². The third-order valence-electron chi connectivity index (χ3n) is 4.70. The molecule has 0 spiro atoms. The first-order valence-corrected chi connectivity index (χ1v) is 9.13. The van der Waals surface area contributed by atoms with Crippen molar-refractivity contribution >= 4 is 23.4 Å². The Morgan fingerprint density at radius 2 is 1.88 bits per heavy atom. The highest BCUT2D eigenvalue weighted by atomic mass is 16.1. The van der Waals surface area contributed by atoms with E-state index in [1.807, 2.05) is 51.0 Å². The van der Waals surface area contributed by atoms with Gasteiger partial charge in [0.05, 0.1) is 6.20 Å². The molecule has 2 heterocycles. The van der Waals surface area contributed by atoms with Crippen molar-refractivity contribution in [3.63, 3.8) is 0 Å². The molecule has 0 unspecified atom stereocenters. The molecule has 6 nitrogen and oxygen atoms in total. The monoisotopic (exact) mass is 353 g/mol. The summed E-state index contributed by atoms with van der Waals surface area (Å²) < 4.78 is 0. The van der Waals surface area contributed by atoms with Crippen molar-refractivity contribution in [2.24, 2.45) is 0 Å². The minimum Gasteiger partial charge on any atom is -0.361 e. The number of rotatable bonds is 4. The molecule has 1 saturated heterocycles. The molecular weight excluding hydrogens is 326 g/mol. The van der Waals surface area contributed by atoms with Gasteiger partial charge in [-0.25, -0.2) is 4.98 Å². The molecule has 1 fully saturated rings. The van der Waals surface area contributed by atoms with Gasteiger partial charge in [0.15, 0.2) is 5.82 Å². The number of anilines is 3. The van der Waals surface area contributed by atoms with Gasteiger partial charge in [-0.3, -0.25) is 4.79 Å². The number of benzene rings is 1. The van der Waals surface area contributed by atoms with Gasteiger partial charge < -0.3 is 15.1 Å². The molecule has 0 atom stereocenters. The Kier molecular flexibility index (Phi) is 5.40. The second kappa shape index (κ2) is 7.72. The van der Waals surface area contributed by atoms with E-state index in [4.69, 9.17) is 4.98 Å². The van der Waals surface area contributed by atoms with Crippen LogP contribution >= 0.6 is 0 Å². The zero-order chi connectivity index (χ0) is 18.7. The minimum atomic E-state index is -0.136. The Hall–Kier alpha value is -2.63. The van der Waals surface area contributed by atoms with Gasteiger partial charge in [0.1, 0.15) is 5.69 Å². The molecule has 1 aromatic carbocycles. The van der Waals surface area contributed by atoms with Gasteiger partial charge >= 0.3 is 0 Å². The van der Waals surface area contributed by atoms with Crippen molar-refractivity contribution < 1.29 is 4.79 Å². The lowest BCUT2D eigenvalue weighted by molar-refractivity contribution is 0.102. The van der Waals surface area contributed by atoms with Crippen molar-refractivity contribution in [2.45, 2.75) is 33.1 Å². The van der Waals surface area contributed by atoms with Crippen LogP contribution in [0.1, 0.15) is 40.7 Å². The number of nitrogens with one attached hydrogen (secondary N) is 1. The van der Waals surface area contributed by atoms with E-state index in [9.17, 15) is 4.79 Å². The van der Waals surface area contributed by atoms with Crippen LogP contribution in [0.3, 0.4) is 0 Å². The fourth-order valence-corrected chi connectivity index (χ4v) is 3.21. The molecule has 0 bridgehead atoms.